The number of alkyl carbamates (subject to hydrolysis) is 1. The van der Waals surface area contributed by atoms with Crippen molar-refractivity contribution in [2.45, 2.75) is 25.7 Å². The van der Waals surface area contributed by atoms with Crippen LogP contribution in [-0.4, -0.2) is 54.2 Å². The Balaban J connectivity index is 1.29. The zero-order valence-electron chi connectivity index (χ0n) is 18.6. The highest BCUT2D eigenvalue weighted by atomic mass is 16.5. The van der Waals surface area contributed by atoms with Gasteiger partial charge in [0.2, 0.25) is 5.91 Å². The highest BCUT2D eigenvalue weighted by Gasteiger charge is 2.30. The van der Waals surface area contributed by atoms with Crippen LogP contribution in [0.2, 0.25) is 0 Å². The number of piperidine rings is 1. The first-order valence-corrected chi connectivity index (χ1v) is 11.2. The van der Waals surface area contributed by atoms with Gasteiger partial charge in [0, 0.05) is 31.1 Å². The number of ether oxygens (including phenoxy) is 1. The first-order valence-electron chi connectivity index (χ1n) is 11.2. The number of amides is 2. The van der Waals surface area contributed by atoms with Crippen molar-refractivity contribution in [3.8, 4) is 11.1 Å². The summed E-state index contributed by atoms with van der Waals surface area (Å²) in [7, 11) is 0. The smallest absolute Gasteiger partial charge is 0.407 e. The number of benzene rings is 2. The van der Waals surface area contributed by atoms with Crippen molar-refractivity contribution >= 4 is 18.0 Å². The molecule has 1 atom stereocenters. The number of hydrogen-bond acceptors (Lipinski definition) is 4. The van der Waals surface area contributed by atoms with Gasteiger partial charge in [-0.2, -0.15) is 0 Å². The molecule has 1 fully saturated rings. The van der Waals surface area contributed by atoms with E-state index in [0.717, 1.165) is 11.1 Å². The van der Waals surface area contributed by atoms with E-state index in [4.69, 9.17) is 4.74 Å². The van der Waals surface area contributed by atoms with Crippen LogP contribution < -0.4 is 5.32 Å². The topological polar surface area (TPSA) is 95.9 Å². The van der Waals surface area contributed by atoms with Gasteiger partial charge in [0.25, 0.3) is 0 Å². The lowest BCUT2D eigenvalue weighted by atomic mass is 9.98. The van der Waals surface area contributed by atoms with Crippen LogP contribution in [0.15, 0.2) is 60.2 Å². The van der Waals surface area contributed by atoms with Gasteiger partial charge in [0.05, 0.1) is 5.92 Å². The zero-order chi connectivity index (χ0) is 23.4. The molecule has 1 saturated heterocycles. The Morgan fingerprint density at radius 2 is 1.73 bits per heavy atom. The molecule has 0 bridgehead atoms. The van der Waals surface area contributed by atoms with Crippen LogP contribution in [0.25, 0.3) is 11.1 Å². The van der Waals surface area contributed by atoms with Crippen LogP contribution in [0, 0.1) is 5.92 Å². The van der Waals surface area contributed by atoms with E-state index < -0.39 is 18.0 Å². The number of nitrogens with zero attached hydrogens (tertiary/aromatic N) is 1. The summed E-state index contributed by atoms with van der Waals surface area (Å²) in [5.41, 5.74) is 5.10. The quantitative estimate of drug-likeness (QED) is 0.656. The molecule has 4 rings (SSSR count). The van der Waals surface area contributed by atoms with Gasteiger partial charge < -0.3 is 20.1 Å². The normalized spacial score (nSPS) is 17.8. The number of hydrogen-bond donors (Lipinski definition) is 2. The molecule has 1 aliphatic heterocycles. The third-order valence-electron chi connectivity index (χ3n) is 6.39. The summed E-state index contributed by atoms with van der Waals surface area (Å²) in [6.45, 7) is 2.83. The van der Waals surface area contributed by atoms with Gasteiger partial charge in [-0.1, -0.05) is 54.6 Å². The predicted octanol–water partition coefficient (Wildman–Crippen LogP) is 3.79. The molecule has 7 nitrogen and oxygen atoms in total. The van der Waals surface area contributed by atoms with Crippen molar-refractivity contribution in [1.29, 1.82) is 0 Å². The third-order valence-corrected chi connectivity index (χ3v) is 6.39. The number of carboxylic acids is 1. The van der Waals surface area contributed by atoms with Crippen molar-refractivity contribution in [1.82, 2.24) is 10.2 Å². The second-order valence-electron chi connectivity index (χ2n) is 8.52. The number of aliphatic carboxylic acids is 1. The van der Waals surface area contributed by atoms with E-state index in [9.17, 15) is 19.5 Å². The molecule has 2 aromatic carbocycles. The lowest BCUT2D eigenvalue weighted by Gasteiger charge is -2.31. The number of fused-ring (bicyclic) bond motifs is 3. The molecule has 0 unspecified atom stereocenters. The average Bonchev–Trinajstić information content (AvgIpc) is 3.16. The largest absolute Gasteiger partial charge is 0.481 e. The Labute approximate surface area is 193 Å². The predicted molar refractivity (Wildman–Crippen MR) is 124 cm³/mol. The fraction of sp³-hybridized carbons (Fsp3) is 0.346. The lowest BCUT2D eigenvalue weighted by molar-refractivity contribution is -0.145. The fourth-order valence-corrected chi connectivity index (χ4v) is 4.64. The van der Waals surface area contributed by atoms with Crippen LogP contribution in [0.4, 0.5) is 4.79 Å². The monoisotopic (exact) mass is 448 g/mol. The maximum Gasteiger partial charge on any atom is 0.407 e. The number of nitrogens with one attached hydrogen (secondary N) is 1. The van der Waals surface area contributed by atoms with Crippen molar-refractivity contribution < 1.29 is 24.2 Å². The summed E-state index contributed by atoms with van der Waals surface area (Å²) in [6.07, 6.45) is 2.35. The van der Waals surface area contributed by atoms with E-state index in [2.05, 4.69) is 29.6 Å². The van der Waals surface area contributed by atoms with Gasteiger partial charge >= 0.3 is 12.1 Å². The first kappa shape index (κ1) is 22.6. The molecule has 2 aliphatic rings. The van der Waals surface area contributed by atoms with Gasteiger partial charge in [-0.15, -0.1) is 0 Å². The Morgan fingerprint density at radius 3 is 2.36 bits per heavy atom. The summed E-state index contributed by atoms with van der Waals surface area (Å²) in [4.78, 5) is 37.7. The minimum Gasteiger partial charge on any atom is -0.481 e. The molecule has 0 radical (unpaired) electrons. The Morgan fingerprint density at radius 1 is 1.09 bits per heavy atom. The highest BCUT2D eigenvalue weighted by Crippen LogP contribution is 2.44. The van der Waals surface area contributed by atoms with E-state index in [1.54, 1.807) is 17.9 Å². The molecule has 1 aliphatic carbocycles. The standard InChI is InChI=1S/C26H28N2O5/c1-17(24(29)28-14-6-7-18(15-28)25(30)31)12-13-27-26(32)33-16-23-21-10-4-2-8-19(21)20-9-3-5-11-22(20)23/h2-5,8-12,18,23H,6-7,13-16H2,1H3,(H,27,32)(H,30,31)/b17-12+/t18-/m0/s1. The van der Waals surface area contributed by atoms with Crippen molar-refractivity contribution in [2.24, 2.45) is 5.92 Å². The fourth-order valence-electron chi connectivity index (χ4n) is 4.64. The van der Waals surface area contributed by atoms with Crippen LogP contribution in [0.3, 0.4) is 0 Å². The Hall–Kier alpha value is -3.61. The Kier molecular flexibility index (Phi) is 6.77. The molecular formula is C26H28N2O5. The second kappa shape index (κ2) is 9.90. The summed E-state index contributed by atoms with van der Waals surface area (Å²) in [6, 6.07) is 16.3. The lowest BCUT2D eigenvalue weighted by Crippen LogP contribution is -2.42. The molecule has 1 heterocycles. The maximum absolute atomic E-state index is 12.6. The summed E-state index contributed by atoms with van der Waals surface area (Å²) in [5, 5.41) is 11.9. The van der Waals surface area contributed by atoms with E-state index in [-0.39, 0.29) is 31.5 Å². The first-order chi connectivity index (χ1) is 16.0. The minimum absolute atomic E-state index is 0.0108. The van der Waals surface area contributed by atoms with Gasteiger partial charge in [-0.3, -0.25) is 9.59 Å². The molecule has 0 aromatic heterocycles. The molecule has 0 saturated carbocycles. The molecular weight excluding hydrogens is 420 g/mol. The van der Waals surface area contributed by atoms with Gasteiger partial charge in [-0.25, -0.2) is 4.79 Å². The summed E-state index contributed by atoms with van der Waals surface area (Å²) >= 11 is 0. The highest BCUT2D eigenvalue weighted by molar-refractivity contribution is 5.93. The third kappa shape index (κ3) is 4.92. The Bertz CT molecular complexity index is 1050. The molecule has 2 amide bonds. The van der Waals surface area contributed by atoms with Gasteiger partial charge in [0.15, 0.2) is 0 Å². The van der Waals surface area contributed by atoms with E-state index in [1.165, 1.54) is 11.1 Å². The van der Waals surface area contributed by atoms with Gasteiger partial charge in [0.1, 0.15) is 6.61 Å². The summed E-state index contributed by atoms with van der Waals surface area (Å²) < 4.78 is 5.50. The SMILES string of the molecule is C/C(=C\CNC(=O)OCC1c2ccccc2-c2ccccc21)C(=O)N1CCC[C@H](C(=O)O)C1. The van der Waals surface area contributed by atoms with Crippen molar-refractivity contribution in [2.75, 3.05) is 26.2 Å². The van der Waals surface area contributed by atoms with E-state index in [0.29, 0.717) is 25.0 Å². The molecule has 7 heteroatoms. The second-order valence-corrected chi connectivity index (χ2v) is 8.52. The van der Waals surface area contributed by atoms with Crippen LogP contribution in [-0.2, 0) is 14.3 Å². The number of carbonyl (C=O) groups is 3. The molecule has 2 aromatic rings. The summed E-state index contributed by atoms with van der Waals surface area (Å²) in [5.74, 6) is -1.60. The van der Waals surface area contributed by atoms with Crippen LogP contribution >= 0.6 is 0 Å². The van der Waals surface area contributed by atoms with Crippen LogP contribution in [0.5, 0.6) is 0 Å². The number of carboxylic acid groups (broad SMARTS) is 1. The van der Waals surface area contributed by atoms with Crippen molar-refractivity contribution in [3.05, 3.63) is 71.3 Å². The number of rotatable bonds is 6. The maximum atomic E-state index is 12.6. The molecule has 0 spiro atoms. The number of likely N-dealkylation sites (tertiary alicyclic amines) is 1. The zero-order valence-corrected chi connectivity index (χ0v) is 18.6. The molecule has 172 valence electrons. The van der Waals surface area contributed by atoms with Crippen molar-refractivity contribution in [3.63, 3.8) is 0 Å². The van der Waals surface area contributed by atoms with E-state index in [1.807, 2.05) is 24.3 Å². The van der Waals surface area contributed by atoms with E-state index >= 15 is 0 Å². The molecule has 33 heavy (non-hydrogen) atoms. The average molecular weight is 449 g/mol. The van der Waals surface area contributed by atoms with Gasteiger partial charge in [-0.05, 0) is 42.0 Å². The molecule has 2 N–H and O–H groups in total. The van der Waals surface area contributed by atoms with Crippen LogP contribution in [0.1, 0.15) is 36.8 Å². The minimum atomic E-state index is -0.869. The number of carbonyl (C=O) groups excluding carboxylic acids is 2.